The van der Waals surface area contributed by atoms with Crippen LogP contribution >= 0.6 is 0 Å². The molecule has 1 N–H and O–H groups in total. The maximum Gasteiger partial charge on any atom is 0.220 e. The lowest BCUT2D eigenvalue weighted by atomic mass is 10.0. The van der Waals surface area contributed by atoms with E-state index in [1.165, 1.54) is 5.56 Å². The number of pyridine rings is 1. The number of carbonyl (C=O) groups is 1. The Bertz CT molecular complexity index is 615. The maximum atomic E-state index is 12.2. The molecule has 1 fully saturated rings. The second-order valence-corrected chi connectivity index (χ2v) is 6.03. The normalized spacial score (nSPS) is 17.7. The highest BCUT2D eigenvalue weighted by Crippen LogP contribution is 2.17. The van der Waals surface area contributed by atoms with Crippen LogP contribution < -0.4 is 10.2 Å². The topological polar surface area (TPSA) is 45.2 Å². The first-order chi connectivity index (χ1) is 11.3. The third kappa shape index (κ3) is 4.55. The largest absolute Gasteiger partial charge is 0.355 e. The zero-order chi connectivity index (χ0) is 15.9. The lowest BCUT2D eigenvalue weighted by molar-refractivity contribution is -0.121. The number of carbonyl (C=O) groups excluding carboxylic acids is 1. The smallest absolute Gasteiger partial charge is 0.220 e. The van der Waals surface area contributed by atoms with Crippen molar-refractivity contribution in [3.8, 4) is 0 Å². The first-order valence-corrected chi connectivity index (χ1v) is 8.30. The Hall–Kier alpha value is -2.36. The van der Waals surface area contributed by atoms with Crippen LogP contribution in [-0.4, -0.2) is 30.0 Å². The average molecular weight is 309 g/mol. The number of nitrogens with one attached hydrogen (secondary N) is 1. The zero-order valence-corrected chi connectivity index (χ0v) is 13.3. The fourth-order valence-corrected chi connectivity index (χ4v) is 3.05. The second-order valence-electron chi connectivity index (χ2n) is 6.03. The predicted octanol–water partition coefficient (Wildman–Crippen LogP) is 2.80. The van der Waals surface area contributed by atoms with Gasteiger partial charge < -0.3 is 10.2 Å². The fourth-order valence-electron chi connectivity index (χ4n) is 3.05. The van der Waals surface area contributed by atoms with Gasteiger partial charge in [0.1, 0.15) is 5.82 Å². The van der Waals surface area contributed by atoms with Gasteiger partial charge in [-0.05, 0) is 37.0 Å². The minimum Gasteiger partial charge on any atom is -0.355 e. The van der Waals surface area contributed by atoms with E-state index < -0.39 is 0 Å². The van der Waals surface area contributed by atoms with Crippen LogP contribution in [0.3, 0.4) is 0 Å². The quantitative estimate of drug-likeness (QED) is 0.924. The molecule has 2 aromatic rings. The van der Waals surface area contributed by atoms with Gasteiger partial charge in [0, 0.05) is 31.7 Å². The molecule has 0 spiro atoms. The number of amides is 1. The molecule has 0 aliphatic carbocycles. The molecule has 120 valence electrons. The minimum atomic E-state index is 0.140. The Labute approximate surface area is 137 Å². The standard InChI is InChI=1S/C19H23N3O/c23-19(12-11-16-7-2-1-3-8-16)21-17-9-6-14-22(15-17)18-10-4-5-13-20-18/h1-5,7-8,10,13,17H,6,9,11-12,14-15H2,(H,21,23)/t17-/m0/s1. The second kappa shape index (κ2) is 7.77. The van der Waals surface area contributed by atoms with Crippen LogP contribution in [0.15, 0.2) is 54.7 Å². The van der Waals surface area contributed by atoms with Crippen LogP contribution in [0.25, 0.3) is 0 Å². The maximum absolute atomic E-state index is 12.2. The Balaban J connectivity index is 1.48. The highest BCUT2D eigenvalue weighted by molar-refractivity contribution is 5.76. The Kier molecular flexibility index (Phi) is 5.25. The molecule has 1 saturated heterocycles. The summed E-state index contributed by atoms with van der Waals surface area (Å²) in [6.45, 7) is 1.85. The first kappa shape index (κ1) is 15.5. The van der Waals surface area contributed by atoms with Gasteiger partial charge >= 0.3 is 0 Å². The summed E-state index contributed by atoms with van der Waals surface area (Å²) in [6, 6.07) is 16.3. The highest BCUT2D eigenvalue weighted by Gasteiger charge is 2.21. The number of aryl methyl sites for hydroxylation is 1. The van der Waals surface area contributed by atoms with Crippen molar-refractivity contribution in [3.63, 3.8) is 0 Å². The zero-order valence-electron chi connectivity index (χ0n) is 13.3. The van der Waals surface area contributed by atoms with Crippen molar-refractivity contribution < 1.29 is 4.79 Å². The van der Waals surface area contributed by atoms with Crippen LogP contribution in [0.1, 0.15) is 24.8 Å². The molecule has 1 aromatic carbocycles. The monoisotopic (exact) mass is 309 g/mol. The van der Waals surface area contributed by atoms with Crippen molar-refractivity contribution in [1.82, 2.24) is 10.3 Å². The minimum absolute atomic E-state index is 0.140. The Morgan fingerprint density at radius 3 is 2.78 bits per heavy atom. The van der Waals surface area contributed by atoms with Gasteiger partial charge in [-0.15, -0.1) is 0 Å². The van der Waals surface area contributed by atoms with E-state index in [0.29, 0.717) is 6.42 Å². The molecular weight excluding hydrogens is 286 g/mol. The van der Waals surface area contributed by atoms with Crippen LogP contribution in [-0.2, 0) is 11.2 Å². The van der Waals surface area contributed by atoms with Crippen molar-refractivity contribution in [2.24, 2.45) is 0 Å². The van der Waals surface area contributed by atoms with E-state index in [9.17, 15) is 4.79 Å². The summed E-state index contributed by atoms with van der Waals surface area (Å²) in [5.41, 5.74) is 1.21. The van der Waals surface area contributed by atoms with E-state index in [1.807, 2.05) is 42.6 Å². The van der Waals surface area contributed by atoms with Gasteiger partial charge in [0.05, 0.1) is 0 Å². The molecular formula is C19H23N3O. The van der Waals surface area contributed by atoms with Gasteiger partial charge in [-0.25, -0.2) is 4.98 Å². The number of nitrogens with zero attached hydrogens (tertiary/aromatic N) is 2. The number of hydrogen-bond donors (Lipinski definition) is 1. The number of aromatic nitrogens is 1. The van der Waals surface area contributed by atoms with Crippen molar-refractivity contribution in [3.05, 3.63) is 60.3 Å². The third-order valence-corrected chi connectivity index (χ3v) is 4.24. The highest BCUT2D eigenvalue weighted by atomic mass is 16.1. The summed E-state index contributed by atoms with van der Waals surface area (Å²) < 4.78 is 0. The molecule has 0 bridgehead atoms. The molecule has 1 aliphatic rings. The summed E-state index contributed by atoms with van der Waals surface area (Å²) in [5.74, 6) is 1.14. The molecule has 1 atom stereocenters. The number of hydrogen-bond acceptors (Lipinski definition) is 3. The van der Waals surface area contributed by atoms with Crippen molar-refractivity contribution >= 4 is 11.7 Å². The lowest BCUT2D eigenvalue weighted by Gasteiger charge is -2.34. The molecule has 4 heteroatoms. The van der Waals surface area contributed by atoms with E-state index in [0.717, 1.165) is 38.2 Å². The molecule has 1 aromatic heterocycles. The van der Waals surface area contributed by atoms with Gasteiger partial charge in [-0.2, -0.15) is 0 Å². The molecule has 1 aliphatic heterocycles. The number of rotatable bonds is 5. The van der Waals surface area contributed by atoms with E-state index in [2.05, 4.69) is 27.3 Å². The van der Waals surface area contributed by atoms with Gasteiger partial charge in [0.2, 0.25) is 5.91 Å². The molecule has 23 heavy (non-hydrogen) atoms. The molecule has 3 rings (SSSR count). The lowest BCUT2D eigenvalue weighted by Crippen LogP contribution is -2.48. The van der Waals surface area contributed by atoms with Gasteiger partial charge in [0.25, 0.3) is 0 Å². The predicted molar refractivity (Wildman–Crippen MR) is 92.4 cm³/mol. The third-order valence-electron chi connectivity index (χ3n) is 4.24. The molecule has 0 saturated carbocycles. The molecule has 0 radical (unpaired) electrons. The van der Waals surface area contributed by atoms with Crippen LogP contribution in [0.4, 0.5) is 5.82 Å². The van der Waals surface area contributed by atoms with E-state index >= 15 is 0 Å². The van der Waals surface area contributed by atoms with E-state index in [4.69, 9.17) is 0 Å². The van der Waals surface area contributed by atoms with Crippen molar-refractivity contribution in [2.45, 2.75) is 31.7 Å². The summed E-state index contributed by atoms with van der Waals surface area (Å²) in [7, 11) is 0. The van der Waals surface area contributed by atoms with Crippen molar-refractivity contribution in [2.75, 3.05) is 18.0 Å². The van der Waals surface area contributed by atoms with E-state index in [-0.39, 0.29) is 11.9 Å². The summed E-state index contributed by atoms with van der Waals surface area (Å²) >= 11 is 0. The first-order valence-electron chi connectivity index (χ1n) is 8.30. The summed E-state index contributed by atoms with van der Waals surface area (Å²) in [6.07, 6.45) is 5.28. The molecule has 0 unspecified atom stereocenters. The van der Waals surface area contributed by atoms with Crippen LogP contribution in [0.5, 0.6) is 0 Å². The molecule has 1 amide bonds. The SMILES string of the molecule is O=C(CCc1ccccc1)N[C@H]1CCCN(c2ccccn2)C1. The van der Waals surface area contributed by atoms with Gasteiger partial charge in [0.15, 0.2) is 0 Å². The average Bonchev–Trinajstić information content (AvgIpc) is 2.62. The molecule has 2 heterocycles. The number of anilines is 1. The summed E-state index contributed by atoms with van der Waals surface area (Å²) in [5, 5.41) is 3.18. The van der Waals surface area contributed by atoms with Crippen LogP contribution in [0, 0.1) is 0 Å². The molecule has 4 nitrogen and oxygen atoms in total. The van der Waals surface area contributed by atoms with Gasteiger partial charge in [-0.1, -0.05) is 36.4 Å². The van der Waals surface area contributed by atoms with E-state index in [1.54, 1.807) is 0 Å². The Morgan fingerprint density at radius 1 is 1.17 bits per heavy atom. The van der Waals surface area contributed by atoms with Gasteiger partial charge in [-0.3, -0.25) is 4.79 Å². The van der Waals surface area contributed by atoms with Crippen LogP contribution in [0.2, 0.25) is 0 Å². The number of piperidine rings is 1. The number of benzene rings is 1. The Morgan fingerprint density at radius 2 is 2.00 bits per heavy atom. The summed E-state index contributed by atoms with van der Waals surface area (Å²) in [4.78, 5) is 18.8. The fraction of sp³-hybridized carbons (Fsp3) is 0.368. The van der Waals surface area contributed by atoms with Crippen molar-refractivity contribution in [1.29, 1.82) is 0 Å².